The standard InChI is InChI=1S/C12H22N2O2/c1-9-4-3-5-14(6-10-7-16-8-10)12(15)11(9)13-2/h9-11,13H,3-8H2,1-2H3. The van der Waals surface area contributed by atoms with Crippen LogP contribution in [0, 0.1) is 11.8 Å². The Morgan fingerprint density at radius 2 is 2.25 bits per heavy atom. The average molecular weight is 226 g/mol. The fourth-order valence-corrected chi connectivity index (χ4v) is 2.61. The number of hydrogen-bond donors (Lipinski definition) is 1. The second-order valence-corrected chi connectivity index (χ2v) is 5.07. The number of ether oxygens (including phenoxy) is 1. The number of hydrogen-bond acceptors (Lipinski definition) is 3. The fraction of sp³-hybridized carbons (Fsp3) is 0.917. The number of nitrogens with zero attached hydrogens (tertiary/aromatic N) is 1. The van der Waals surface area contributed by atoms with Gasteiger partial charge in [0.05, 0.1) is 19.3 Å². The summed E-state index contributed by atoms with van der Waals surface area (Å²) in [6.07, 6.45) is 2.26. The lowest BCUT2D eigenvalue weighted by Crippen LogP contribution is -2.50. The van der Waals surface area contributed by atoms with Gasteiger partial charge < -0.3 is 15.0 Å². The number of amides is 1. The Morgan fingerprint density at radius 3 is 2.81 bits per heavy atom. The molecule has 0 radical (unpaired) electrons. The first-order valence-corrected chi connectivity index (χ1v) is 6.26. The molecule has 0 bridgehead atoms. The van der Waals surface area contributed by atoms with Gasteiger partial charge in [0.2, 0.25) is 5.91 Å². The van der Waals surface area contributed by atoms with Gasteiger partial charge >= 0.3 is 0 Å². The molecule has 0 aromatic carbocycles. The highest BCUT2D eigenvalue weighted by Gasteiger charge is 2.33. The fourth-order valence-electron chi connectivity index (χ4n) is 2.61. The number of rotatable bonds is 3. The number of likely N-dealkylation sites (N-methyl/N-ethyl adjacent to an activating group) is 1. The van der Waals surface area contributed by atoms with Crippen molar-refractivity contribution in [2.45, 2.75) is 25.8 Å². The van der Waals surface area contributed by atoms with E-state index in [1.54, 1.807) is 0 Å². The maximum Gasteiger partial charge on any atom is 0.239 e. The van der Waals surface area contributed by atoms with Crippen LogP contribution in [0.2, 0.25) is 0 Å². The van der Waals surface area contributed by atoms with E-state index in [4.69, 9.17) is 4.74 Å². The summed E-state index contributed by atoms with van der Waals surface area (Å²) in [6.45, 7) is 5.60. The van der Waals surface area contributed by atoms with Crippen molar-refractivity contribution in [1.29, 1.82) is 0 Å². The molecule has 0 saturated carbocycles. The average Bonchev–Trinajstić information content (AvgIpc) is 2.32. The largest absolute Gasteiger partial charge is 0.381 e. The Morgan fingerprint density at radius 1 is 1.50 bits per heavy atom. The highest BCUT2D eigenvalue weighted by atomic mass is 16.5. The van der Waals surface area contributed by atoms with Crippen molar-refractivity contribution in [3.63, 3.8) is 0 Å². The van der Waals surface area contributed by atoms with Crippen LogP contribution in [0.4, 0.5) is 0 Å². The minimum absolute atomic E-state index is 0.00324. The van der Waals surface area contributed by atoms with Crippen LogP contribution in [0.25, 0.3) is 0 Å². The summed E-state index contributed by atoms with van der Waals surface area (Å²) in [5, 5.41) is 3.16. The van der Waals surface area contributed by atoms with Gasteiger partial charge in [0.25, 0.3) is 0 Å². The van der Waals surface area contributed by atoms with Crippen molar-refractivity contribution in [2.75, 3.05) is 33.4 Å². The molecule has 2 aliphatic rings. The molecular formula is C12H22N2O2. The quantitative estimate of drug-likeness (QED) is 0.761. The summed E-state index contributed by atoms with van der Waals surface area (Å²) in [5.74, 6) is 1.29. The van der Waals surface area contributed by atoms with Crippen molar-refractivity contribution in [3.8, 4) is 0 Å². The SMILES string of the molecule is CNC1C(=O)N(CC2COC2)CCCC1C. The first-order valence-electron chi connectivity index (χ1n) is 6.26. The van der Waals surface area contributed by atoms with Gasteiger partial charge in [-0.2, -0.15) is 0 Å². The molecule has 0 aliphatic carbocycles. The molecule has 4 heteroatoms. The summed E-state index contributed by atoms with van der Waals surface area (Å²) in [4.78, 5) is 14.3. The summed E-state index contributed by atoms with van der Waals surface area (Å²) in [7, 11) is 1.88. The molecule has 4 nitrogen and oxygen atoms in total. The zero-order valence-electron chi connectivity index (χ0n) is 10.2. The van der Waals surface area contributed by atoms with Crippen LogP contribution in [0.3, 0.4) is 0 Å². The molecule has 2 heterocycles. The maximum absolute atomic E-state index is 12.3. The van der Waals surface area contributed by atoms with Crippen LogP contribution in [0.1, 0.15) is 19.8 Å². The molecule has 2 unspecified atom stereocenters. The van der Waals surface area contributed by atoms with E-state index in [9.17, 15) is 4.79 Å². The minimum Gasteiger partial charge on any atom is -0.381 e. The predicted octanol–water partition coefficient (Wildman–Crippen LogP) is 0.479. The lowest BCUT2D eigenvalue weighted by atomic mass is 9.97. The Kier molecular flexibility index (Phi) is 3.82. The van der Waals surface area contributed by atoms with E-state index < -0.39 is 0 Å². The van der Waals surface area contributed by atoms with Gasteiger partial charge in [0.1, 0.15) is 0 Å². The Hall–Kier alpha value is -0.610. The van der Waals surface area contributed by atoms with Crippen LogP contribution in [-0.4, -0.2) is 50.2 Å². The van der Waals surface area contributed by atoms with Crippen LogP contribution < -0.4 is 5.32 Å². The first kappa shape index (κ1) is 11.9. The molecule has 2 saturated heterocycles. The summed E-state index contributed by atoms with van der Waals surface area (Å²) < 4.78 is 5.16. The van der Waals surface area contributed by atoms with Gasteiger partial charge in [-0.05, 0) is 25.8 Å². The molecule has 2 atom stereocenters. The van der Waals surface area contributed by atoms with Gasteiger partial charge in [0, 0.05) is 19.0 Å². The van der Waals surface area contributed by atoms with Crippen LogP contribution in [-0.2, 0) is 9.53 Å². The van der Waals surface area contributed by atoms with E-state index in [-0.39, 0.29) is 11.9 Å². The second-order valence-electron chi connectivity index (χ2n) is 5.07. The van der Waals surface area contributed by atoms with E-state index in [1.807, 2.05) is 11.9 Å². The molecule has 0 spiro atoms. The Balaban J connectivity index is 1.97. The number of carbonyl (C=O) groups is 1. The summed E-state index contributed by atoms with van der Waals surface area (Å²) >= 11 is 0. The third-order valence-electron chi connectivity index (χ3n) is 3.73. The molecule has 92 valence electrons. The van der Waals surface area contributed by atoms with Crippen molar-refractivity contribution in [1.82, 2.24) is 10.2 Å². The van der Waals surface area contributed by atoms with Gasteiger partial charge in [-0.15, -0.1) is 0 Å². The minimum atomic E-state index is 0.00324. The molecule has 0 aromatic rings. The number of carbonyl (C=O) groups excluding carboxylic acids is 1. The Bertz CT molecular complexity index is 253. The Labute approximate surface area is 97.3 Å². The molecule has 1 amide bonds. The van der Waals surface area contributed by atoms with Crippen LogP contribution >= 0.6 is 0 Å². The predicted molar refractivity (Wildman–Crippen MR) is 62.1 cm³/mol. The van der Waals surface area contributed by atoms with Crippen LogP contribution in [0.15, 0.2) is 0 Å². The summed E-state index contributed by atoms with van der Waals surface area (Å²) in [6, 6.07) is 0.00324. The smallest absolute Gasteiger partial charge is 0.239 e. The van der Waals surface area contributed by atoms with Crippen LogP contribution in [0.5, 0.6) is 0 Å². The monoisotopic (exact) mass is 226 g/mol. The second kappa shape index (κ2) is 5.15. The van der Waals surface area contributed by atoms with Crippen molar-refractivity contribution in [3.05, 3.63) is 0 Å². The van der Waals surface area contributed by atoms with E-state index in [0.29, 0.717) is 11.8 Å². The normalized spacial score (nSPS) is 32.4. The van der Waals surface area contributed by atoms with E-state index in [0.717, 1.165) is 39.1 Å². The van der Waals surface area contributed by atoms with Gasteiger partial charge in [0.15, 0.2) is 0 Å². The zero-order valence-corrected chi connectivity index (χ0v) is 10.2. The van der Waals surface area contributed by atoms with Gasteiger partial charge in [-0.3, -0.25) is 4.79 Å². The molecule has 1 N–H and O–H groups in total. The highest BCUT2D eigenvalue weighted by Crippen LogP contribution is 2.21. The molecule has 2 fully saturated rings. The molecular weight excluding hydrogens is 204 g/mol. The summed E-state index contributed by atoms with van der Waals surface area (Å²) in [5.41, 5.74) is 0. The van der Waals surface area contributed by atoms with Crippen molar-refractivity contribution in [2.24, 2.45) is 11.8 Å². The zero-order chi connectivity index (χ0) is 11.5. The van der Waals surface area contributed by atoms with E-state index >= 15 is 0 Å². The number of likely N-dealkylation sites (tertiary alicyclic amines) is 1. The first-order chi connectivity index (χ1) is 7.72. The molecule has 2 rings (SSSR count). The lowest BCUT2D eigenvalue weighted by molar-refractivity contribution is -0.137. The van der Waals surface area contributed by atoms with Crippen molar-refractivity contribution < 1.29 is 9.53 Å². The molecule has 0 aromatic heterocycles. The van der Waals surface area contributed by atoms with Crippen molar-refractivity contribution >= 4 is 5.91 Å². The van der Waals surface area contributed by atoms with E-state index in [1.165, 1.54) is 0 Å². The van der Waals surface area contributed by atoms with Gasteiger partial charge in [-0.25, -0.2) is 0 Å². The highest BCUT2D eigenvalue weighted by molar-refractivity contribution is 5.82. The van der Waals surface area contributed by atoms with Gasteiger partial charge in [-0.1, -0.05) is 6.92 Å². The third kappa shape index (κ3) is 2.38. The van der Waals surface area contributed by atoms with E-state index in [2.05, 4.69) is 12.2 Å². The lowest BCUT2D eigenvalue weighted by Gasteiger charge is -2.33. The molecule has 16 heavy (non-hydrogen) atoms. The molecule has 2 aliphatic heterocycles. The topological polar surface area (TPSA) is 41.6 Å². The maximum atomic E-state index is 12.3. The number of nitrogens with one attached hydrogen (secondary N) is 1. The third-order valence-corrected chi connectivity index (χ3v) is 3.73.